The van der Waals surface area contributed by atoms with Gasteiger partial charge in [0, 0.05) is 124 Å². The molecule has 0 aromatic heterocycles. The molecule has 0 spiro atoms. The van der Waals surface area contributed by atoms with Crippen molar-refractivity contribution in [2.75, 3.05) is 61.2 Å². The van der Waals surface area contributed by atoms with E-state index >= 15 is 0 Å². The molecule has 24 unspecified atom stereocenters. The number of hydrogen-bond donors (Lipinski definition) is 20. The quantitative estimate of drug-likeness (QED) is 0.0300. The highest BCUT2D eigenvalue weighted by Crippen LogP contribution is 2.39. The molecule has 4 rings (SSSR count). The number of ether oxygens (including phenoxy) is 4. The molecule has 0 aromatic rings. The van der Waals surface area contributed by atoms with E-state index < -0.39 is 195 Å². The van der Waals surface area contributed by atoms with Gasteiger partial charge in [0.25, 0.3) is 23.1 Å². The molecule has 34 nitrogen and oxygen atoms in total. The maximum absolute atomic E-state index is 12.3. The van der Waals surface area contributed by atoms with Crippen LogP contribution >= 0.6 is 47.0 Å². The first-order chi connectivity index (χ1) is 44.3. The van der Waals surface area contributed by atoms with Gasteiger partial charge in [0.15, 0.2) is 0 Å². The molecule has 38 heteroatoms. The standard InChI is InChI=1S/2C15H26O9S.2C14H23NO7S/c2*1-7(6-25-2)9(17)3-8-10(18)4-15(23,14(21)22)24-13(8)12(20)11(19)5-16;2*1-7(6-23-3)9(17)4-11-12(15-8(2)16)10(18)5-14(21,22-11)13(19)20/h2*7-8,10-13,16,18-20,23H,3-6H2,1-2H3,(H,21,22);2*7,10-12,18,21H,4-6H2,1-3H3,(H,15,16)(H,19,20). The molecule has 0 aliphatic carbocycles. The van der Waals surface area contributed by atoms with Crippen LogP contribution in [0.25, 0.3) is 0 Å². The molecule has 4 heterocycles. The van der Waals surface area contributed by atoms with Crippen LogP contribution < -0.4 is 10.6 Å². The average molecular weight is 1460 g/mol. The molecule has 20 N–H and O–H groups in total. The molecule has 24 atom stereocenters. The minimum absolute atomic E-state index is 0.193. The summed E-state index contributed by atoms with van der Waals surface area (Å²) in [5.74, 6) is -20.3. The highest BCUT2D eigenvalue weighted by Gasteiger charge is 2.57. The summed E-state index contributed by atoms with van der Waals surface area (Å²) in [5, 5.41) is 179. The van der Waals surface area contributed by atoms with Crippen LogP contribution in [0.15, 0.2) is 0 Å². The Morgan fingerprint density at radius 2 is 0.646 bits per heavy atom. The van der Waals surface area contributed by atoms with E-state index in [2.05, 4.69) is 10.6 Å². The third kappa shape index (κ3) is 26.6. The number of aliphatic hydroxyl groups is 14. The summed E-state index contributed by atoms with van der Waals surface area (Å²) in [7, 11) is 0. The number of nitrogens with one attached hydrogen (secondary N) is 2. The predicted octanol–water partition coefficient (Wildman–Crippen LogP) is -4.86. The lowest BCUT2D eigenvalue weighted by Crippen LogP contribution is -2.63. The number of ketones is 4. The Morgan fingerprint density at radius 3 is 0.865 bits per heavy atom. The van der Waals surface area contributed by atoms with Crippen LogP contribution in [0.3, 0.4) is 0 Å². The third-order valence-corrected chi connectivity index (χ3v) is 19.6. The van der Waals surface area contributed by atoms with Gasteiger partial charge in [-0.2, -0.15) is 47.0 Å². The Kier molecular flexibility index (Phi) is 38.7. The molecule has 556 valence electrons. The monoisotopic (exact) mass is 1460 g/mol. The zero-order valence-corrected chi connectivity index (χ0v) is 58.1. The fourth-order valence-corrected chi connectivity index (χ4v) is 13.4. The first-order valence-corrected chi connectivity index (χ1v) is 35.7. The van der Waals surface area contributed by atoms with Gasteiger partial charge in [-0.05, 0) is 25.0 Å². The number of carboxylic acid groups (broad SMARTS) is 4. The number of aliphatic carboxylic acids is 4. The largest absolute Gasteiger partial charge is 0.477 e. The van der Waals surface area contributed by atoms with Gasteiger partial charge in [0.1, 0.15) is 47.5 Å². The second-order valence-electron chi connectivity index (χ2n) is 24.3. The van der Waals surface area contributed by atoms with Crippen molar-refractivity contribution in [2.45, 2.75) is 201 Å². The minimum atomic E-state index is -2.76. The molecule has 4 aliphatic heterocycles. The predicted molar refractivity (Wildman–Crippen MR) is 341 cm³/mol. The lowest BCUT2D eigenvalue weighted by atomic mass is 9.79. The van der Waals surface area contributed by atoms with Crippen LogP contribution in [0.5, 0.6) is 0 Å². The number of carbonyl (C=O) groups is 10. The molecule has 0 aromatic carbocycles. The fraction of sp³-hybridized carbons (Fsp3) is 0.828. The SMILES string of the molecule is CSCC(C)C(=O)CC1C(O)CC(O)(C(=O)O)OC1C(O)C(O)CO.CSCC(C)C(=O)CC1C(O)CC(O)(C(=O)O)OC1C(O)C(O)CO.CSCC(C)C(=O)CC1OC(O)(C(=O)O)CC(O)C1NC(C)=O.CSCC(C)C(=O)CC1OC(O)(C(=O)O)CC(O)C1NC(C)=O. The number of Topliss-reactive ketones (excluding diaryl/α,β-unsaturated/α-hetero) is 4. The molecule has 0 bridgehead atoms. The van der Waals surface area contributed by atoms with Crippen molar-refractivity contribution in [1.29, 1.82) is 0 Å². The van der Waals surface area contributed by atoms with Crippen molar-refractivity contribution in [1.82, 2.24) is 10.6 Å². The van der Waals surface area contributed by atoms with Crippen LogP contribution in [-0.2, 0) is 66.9 Å². The number of hydrogen-bond acceptors (Lipinski definition) is 32. The summed E-state index contributed by atoms with van der Waals surface area (Å²) >= 11 is 5.92. The van der Waals surface area contributed by atoms with Crippen LogP contribution in [0.4, 0.5) is 0 Å². The Bertz CT molecular complexity index is 2400. The third-order valence-electron chi connectivity index (χ3n) is 16.2. The summed E-state index contributed by atoms with van der Waals surface area (Å²) in [4.78, 5) is 116. The van der Waals surface area contributed by atoms with Gasteiger partial charge in [0.05, 0.1) is 74.1 Å². The van der Waals surface area contributed by atoms with Gasteiger partial charge in [-0.15, -0.1) is 0 Å². The first-order valence-electron chi connectivity index (χ1n) is 30.2. The average Bonchev–Trinajstić information content (AvgIpc) is 0.810. The van der Waals surface area contributed by atoms with E-state index in [0.29, 0.717) is 23.0 Å². The highest BCUT2D eigenvalue weighted by molar-refractivity contribution is 7.99. The van der Waals surface area contributed by atoms with Crippen molar-refractivity contribution in [2.24, 2.45) is 35.5 Å². The molecule has 96 heavy (non-hydrogen) atoms. The summed E-state index contributed by atoms with van der Waals surface area (Å²) in [6.45, 7) is 7.66. The maximum Gasteiger partial charge on any atom is 0.364 e. The van der Waals surface area contributed by atoms with Gasteiger partial charge in [-0.1, -0.05) is 27.7 Å². The smallest absolute Gasteiger partial charge is 0.364 e. The van der Waals surface area contributed by atoms with E-state index in [9.17, 15) is 109 Å². The molecule has 0 saturated carbocycles. The van der Waals surface area contributed by atoms with Crippen molar-refractivity contribution in [3.05, 3.63) is 0 Å². The zero-order valence-electron chi connectivity index (χ0n) is 54.8. The number of amides is 2. The van der Waals surface area contributed by atoms with E-state index in [1.807, 2.05) is 25.0 Å². The molecule has 0 radical (unpaired) electrons. The Morgan fingerprint density at radius 1 is 0.417 bits per heavy atom. The first kappa shape index (κ1) is 90.2. The summed E-state index contributed by atoms with van der Waals surface area (Å²) in [6, 6.07) is -1.92. The van der Waals surface area contributed by atoms with Gasteiger partial charge in [0.2, 0.25) is 11.8 Å². The number of thioether (sulfide) groups is 4. The second kappa shape index (κ2) is 41.2. The van der Waals surface area contributed by atoms with E-state index in [-0.39, 0.29) is 72.5 Å². The van der Waals surface area contributed by atoms with Crippen LogP contribution in [0.1, 0.15) is 92.9 Å². The van der Waals surface area contributed by atoms with E-state index in [1.165, 1.54) is 60.9 Å². The lowest BCUT2D eigenvalue weighted by Gasteiger charge is -2.44. The number of carbonyl (C=O) groups excluding carboxylic acids is 6. The fourth-order valence-electron chi connectivity index (χ4n) is 10.7. The van der Waals surface area contributed by atoms with Gasteiger partial charge in [-0.25, -0.2) is 19.2 Å². The van der Waals surface area contributed by atoms with Crippen molar-refractivity contribution >= 4 is 106 Å². The highest BCUT2D eigenvalue weighted by atomic mass is 32.2. The van der Waals surface area contributed by atoms with Gasteiger partial charge in [-0.3, -0.25) is 28.8 Å². The Hall–Kier alpha value is -3.82. The summed E-state index contributed by atoms with van der Waals surface area (Å²) in [6.07, 6.45) is -13.9. The Balaban J connectivity index is 0.000000640. The normalized spacial score (nSPS) is 32.8. The van der Waals surface area contributed by atoms with Crippen LogP contribution in [0.2, 0.25) is 0 Å². The molecule has 2 amide bonds. The van der Waals surface area contributed by atoms with Crippen molar-refractivity contribution < 1.29 is 159 Å². The number of aliphatic hydroxyl groups excluding tert-OH is 10. The van der Waals surface area contributed by atoms with E-state index in [0.717, 1.165) is 0 Å². The van der Waals surface area contributed by atoms with Crippen molar-refractivity contribution in [3.63, 3.8) is 0 Å². The molecular weight excluding hydrogens is 1360 g/mol. The number of carboxylic acids is 4. The minimum Gasteiger partial charge on any atom is -0.477 e. The lowest BCUT2D eigenvalue weighted by molar-refractivity contribution is -0.304. The van der Waals surface area contributed by atoms with Gasteiger partial charge < -0.3 is 121 Å². The molecular formula is C58H98N2O32S4. The van der Waals surface area contributed by atoms with Gasteiger partial charge >= 0.3 is 23.9 Å². The second-order valence-corrected chi connectivity index (χ2v) is 27.9. The maximum atomic E-state index is 12.3. The van der Waals surface area contributed by atoms with Crippen LogP contribution in [0, 0.1) is 35.5 Å². The molecule has 4 aliphatic rings. The molecule has 4 saturated heterocycles. The molecule has 4 fully saturated rings. The van der Waals surface area contributed by atoms with E-state index in [4.69, 9.17) is 49.6 Å². The van der Waals surface area contributed by atoms with E-state index in [1.54, 1.807) is 27.7 Å². The topological polar surface area (TPSA) is 596 Å². The Labute approximate surface area is 570 Å². The van der Waals surface area contributed by atoms with Crippen LogP contribution in [-0.4, -0.2) is 320 Å². The zero-order chi connectivity index (χ0) is 74.3. The number of rotatable bonds is 32. The summed E-state index contributed by atoms with van der Waals surface area (Å²) < 4.78 is 20.5. The summed E-state index contributed by atoms with van der Waals surface area (Å²) in [5.41, 5.74) is 0. The van der Waals surface area contributed by atoms with Crippen molar-refractivity contribution in [3.8, 4) is 0 Å².